The minimum atomic E-state index is 0.489. The van der Waals surface area contributed by atoms with Gasteiger partial charge in [-0.05, 0) is 34.7 Å². The molecule has 0 spiro atoms. The van der Waals surface area contributed by atoms with E-state index in [9.17, 15) is 0 Å². The molecular weight excluding hydrogens is 244 g/mol. The van der Waals surface area contributed by atoms with Crippen molar-refractivity contribution < 1.29 is 0 Å². The molecule has 0 radical (unpaired) electrons. The quantitative estimate of drug-likeness (QED) is 0.813. The van der Waals surface area contributed by atoms with Crippen LogP contribution in [-0.2, 0) is 0 Å². The van der Waals surface area contributed by atoms with E-state index in [1.807, 2.05) is 0 Å². The van der Waals surface area contributed by atoms with E-state index in [2.05, 4.69) is 31.2 Å². The van der Waals surface area contributed by atoms with Gasteiger partial charge in [0, 0.05) is 12.6 Å². The van der Waals surface area contributed by atoms with Gasteiger partial charge in [0.2, 0.25) is 5.95 Å². The molecule has 1 aliphatic carbocycles. The first kappa shape index (κ1) is 9.71. The van der Waals surface area contributed by atoms with Gasteiger partial charge in [-0.2, -0.15) is 4.98 Å². The Bertz CT molecular complexity index is 304. The van der Waals surface area contributed by atoms with Gasteiger partial charge < -0.3 is 11.1 Å². The highest BCUT2D eigenvalue weighted by Gasteiger charge is 2.17. The van der Waals surface area contributed by atoms with Crippen molar-refractivity contribution in [3.8, 4) is 0 Å². The fourth-order valence-corrected chi connectivity index (χ4v) is 1.85. The molecule has 5 heteroatoms. The second kappa shape index (κ2) is 4.13. The molecule has 0 aromatic carbocycles. The molecule has 0 unspecified atom stereocenters. The Morgan fingerprint density at radius 2 is 2.29 bits per heavy atom. The van der Waals surface area contributed by atoms with E-state index in [-0.39, 0.29) is 0 Å². The van der Waals surface area contributed by atoms with E-state index >= 15 is 0 Å². The summed E-state index contributed by atoms with van der Waals surface area (Å²) in [6, 6.07) is 1.69. The van der Waals surface area contributed by atoms with Crippen LogP contribution in [0, 0.1) is 5.92 Å². The van der Waals surface area contributed by atoms with Crippen LogP contribution < -0.4 is 11.1 Å². The molecule has 1 aliphatic rings. The fraction of sp³-hybridized carbons (Fsp3) is 0.556. The second-order valence-electron chi connectivity index (χ2n) is 3.62. The number of hydrogen-bond donors (Lipinski definition) is 2. The van der Waals surface area contributed by atoms with E-state index in [4.69, 9.17) is 5.73 Å². The summed E-state index contributed by atoms with van der Waals surface area (Å²) in [5.41, 5.74) is 5.59. The predicted octanol–water partition coefficient (Wildman–Crippen LogP) is 2.03. The molecule has 1 saturated carbocycles. The largest absolute Gasteiger partial charge is 0.383 e. The van der Waals surface area contributed by atoms with Crippen LogP contribution in [-0.4, -0.2) is 16.5 Å². The average molecular weight is 257 g/mol. The molecule has 1 aromatic rings. The van der Waals surface area contributed by atoms with Crippen LogP contribution in [0.2, 0.25) is 0 Å². The van der Waals surface area contributed by atoms with Crippen molar-refractivity contribution in [3.05, 3.63) is 10.7 Å². The molecular formula is C9H13BrN4. The first-order chi connectivity index (χ1) is 6.74. The summed E-state index contributed by atoms with van der Waals surface area (Å²) < 4.78 is 0.723. The van der Waals surface area contributed by atoms with Crippen molar-refractivity contribution >= 4 is 27.7 Å². The van der Waals surface area contributed by atoms with Crippen LogP contribution in [0.4, 0.5) is 11.8 Å². The minimum absolute atomic E-state index is 0.489. The van der Waals surface area contributed by atoms with Gasteiger partial charge in [-0.25, -0.2) is 4.98 Å². The average Bonchev–Trinajstić information content (AvgIpc) is 1.99. The van der Waals surface area contributed by atoms with Gasteiger partial charge in [0.15, 0.2) is 0 Å². The highest BCUT2D eigenvalue weighted by atomic mass is 79.9. The third-order valence-electron chi connectivity index (χ3n) is 2.49. The maximum absolute atomic E-state index is 5.59. The van der Waals surface area contributed by atoms with E-state index in [1.54, 1.807) is 6.07 Å². The van der Waals surface area contributed by atoms with Crippen molar-refractivity contribution in [2.45, 2.75) is 19.3 Å². The molecule has 0 bridgehead atoms. The van der Waals surface area contributed by atoms with Gasteiger partial charge in [-0.15, -0.1) is 0 Å². The lowest BCUT2D eigenvalue weighted by atomic mass is 9.85. The number of hydrogen-bond acceptors (Lipinski definition) is 4. The Morgan fingerprint density at radius 1 is 1.50 bits per heavy atom. The molecule has 0 amide bonds. The van der Waals surface area contributed by atoms with Crippen molar-refractivity contribution in [1.29, 1.82) is 0 Å². The highest BCUT2D eigenvalue weighted by molar-refractivity contribution is 9.10. The van der Waals surface area contributed by atoms with Crippen LogP contribution in [0.25, 0.3) is 0 Å². The first-order valence-electron chi connectivity index (χ1n) is 4.78. The summed E-state index contributed by atoms with van der Waals surface area (Å²) >= 11 is 3.28. The van der Waals surface area contributed by atoms with Crippen molar-refractivity contribution in [3.63, 3.8) is 0 Å². The van der Waals surface area contributed by atoms with Crippen LogP contribution in [0.1, 0.15) is 19.3 Å². The lowest BCUT2D eigenvalue weighted by Crippen LogP contribution is -2.21. The van der Waals surface area contributed by atoms with Crippen molar-refractivity contribution in [2.75, 3.05) is 17.6 Å². The van der Waals surface area contributed by atoms with Gasteiger partial charge in [0.1, 0.15) is 10.4 Å². The van der Waals surface area contributed by atoms with Crippen LogP contribution in [0.15, 0.2) is 10.7 Å². The molecule has 14 heavy (non-hydrogen) atoms. The molecule has 0 atom stereocenters. The number of rotatable bonds is 3. The molecule has 0 aliphatic heterocycles. The highest BCUT2D eigenvalue weighted by Crippen LogP contribution is 2.26. The fourth-order valence-electron chi connectivity index (χ4n) is 1.45. The predicted molar refractivity (Wildman–Crippen MR) is 60.0 cm³/mol. The smallest absolute Gasteiger partial charge is 0.225 e. The van der Waals surface area contributed by atoms with Gasteiger partial charge in [-0.1, -0.05) is 6.42 Å². The second-order valence-corrected chi connectivity index (χ2v) is 4.43. The van der Waals surface area contributed by atoms with Gasteiger partial charge in [-0.3, -0.25) is 0 Å². The third-order valence-corrected chi connectivity index (χ3v) is 2.89. The van der Waals surface area contributed by atoms with E-state index < -0.39 is 0 Å². The molecule has 2 rings (SSSR count). The zero-order valence-electron chi connectivity index (χ0n) is 7.83. The standard InChI is InChI=1S/C9H13BrN4/c10-7-4-8(11)14-9(13-7)12-5-6-2-1-3-6/h4,6H,1-3,5H2,(H3,11,12,13,14). The molecule has 1 heterocycles. The molecule has 76 valence electrons. The van der Waals surface area contributed by atoms with Crippen molar-refractivity contribution in [2.24, 2.45) is 5.92 Å². The Kier molecular flexibility index (Phi) is 2.86. The zero-order valence-corrected chi connectivity index (χ0v) is 9.42. The number of nitrogens with one attached hydrogen (secondary N) is 1. The molecule has 0 saturated heterocycles. The molecule has 4 nitrogen and oxygen atoms in total. The first-order valence-corrected chi connectivity index (χ1v) is 5.57. The summed E-state index contributed by atoms with van der Waals surface area (Å²) in [5.74, 6) is 1.89. The number of anilines is 2. The maximum atomic E-state index is 5.59. The SMILES string of the molecule is Nc1cc(Br)nc(NCC2CCC2)n1. The van der Waals surface area contributed by atoms with E-state index in [0.717, 1.165) is 17.1 Å². The zero-order chi connectivity index (χ0) is 9.97. The Balaban J connectivity index is 1.94. The molecule has 1 fully saturated rings. The van der Waals surface area contributed by atoms with Crippen molar-refractivity contribution in [1.82, 2.24) is 9.97 Å². The summed E-state index contributed by atoms with van der Waals surface area (Å²) in [5, 5.41) is 3.20. The van der Waals surface area contributed by atoms with E-state index in [1.165, 1.54) is 19.3 Å². The Hall–Kier alpha value is -0.840. The van der Waals surface area contributed by atoms with Crippen LogP contribution >= 0.6 is 15.9 Å². The Labute approximate surface area is 91.4 Å². The normalized spacial score (nSPS) is 16.4. The third kappa shape index (κ3) is 2.35. The summed E-state index contributed by atoms with van der Waals surface area (Å²) in [6.07, 6.45) is 3.99. The number of halogens is 1. The van der Waals surface area contributed by atoms with Crippen LogP contribution in [0.3, 0.4) is 0 Å². The number of aromatic nitrogens is 2. The van der Waals surface area contributed by atoms with Gasteiger partial charge >= 0.3 is 0 Å². The molecule has 1 aromatic heterocycles. The summed E-state index contributed by atoms with van der Waals surface area (Å²) in [6.45, 7) is 0.954. The maximum Gasteiger partial charge on any atom is 0.225 e. The van der Waals surface area contributed by atoms with Crippen LogP contribution in [0.5, 0.6) is 0 Å². The molecule has 3 N–H and O–H groups in total. The lowest BCUT2D eigenvalue weighted by Gasteiger charge is -2.25. The van der Waals surface area contributed by atoms with Gasteiger partial charge in [0.25, 0.3) is 0 Å². The monoisotopic (exact) mass is 256 g/mol. The number of nitrogens with zero attached hydrogens (tertiary/aromatic N) is 2. The summed E-state index contributed by atoms with van der Waals surface area (Å²) in [7, 11) is 0. The lowest BCUT2D eigenvalue weighted by molar-refractivity contribution is 0.333. The minimum Gasteiger partial charge on any atom is -0.383 e. The number of nitrogen functional groups attached to an aromatic ring is 1. The summed E-state index contributed by atoms with van der Waals surface area (Å²) in [4.78, 5) is 8.27. The number of nitrogens with two attached hydrogens (primary N) is 1. The Morgan fingerprint density at radius 3 is 2.86 bits per heavy atom. The van der Waals surface area contributed by atoms with E-state index in [0.29, 0.717) is 11.8 Å². The topological polar surface area (TPSA) is 63.8 Å². The van der Waals surface area contributed by atoms with Gasteiger partial charge in [0.05, 0.1) is 0 Å².